The molecule has 2 aliphatic heterocycles. The lowest BCUT2D eigenvalue weighted by Gasteiger charge is -2.35. The Morgan fingerprint density at radius 1 is 1.33 bits per heavy atom. The maximum absolute atomic E-state index is 3.58. The van der Waals surface area contributed by atoms with E-state index >= 15 is 0 Å². The second-order valence-corrected chi connectivity index (χ2v) is 6.49. The van der Waals surface area contributed by atoms with Crippen LogP contribution < -0.4 is 10.2 Å². The van der Waals surface area contributed by atoms with Gasteiger partial charge in [0.15, 0.2) is 0 Å². The van der Waals surface area contributed by atoms with Crippen molar-refractivity contribution in [3.8, 4) is 0 Å². The normalized spacial score (nSPS) is 25.7. The van der Waals surface area contributed by atoms with Crippen LogP contribution in [0.25, 0.3) is 0 Å². The molecule has 0 spiro atoms. The Kier molecular flexibility index (Phi) is 2.76. The Bertz CT molecular complexity index is 450. The summed E-state index contributed by atoms with van der Waals surface area (Å²) in [6, 6.07) is 7.58. The van der Waals surface area contributed by atoms with E-state index in [1.165, 1.54) is 49.2 Å². The lowest BCUT2D eigenvalue weighted by molar-refractivity contribution is 0.517. The highest BCUT2D eigenvalue weighted by molar-refractivity contribution is 5.63. The third kappa shape index (κ3) is 1.98. The molecule has 3 rings (SSSR count). The van der Waals surface area contributed by atoms with Crippen LogP contribution in [0.15, 0.2) is 18.2 Å². The number of aryl methyl sites for hydroxylation is 1. The van der Waals surface area contributed by atoms with Gasteiger partial charge in [0.2, 0.25) is 0 Å². The Morgan fingerprint density at radius 2 is 2.17 bits per heavy atom. The van der Waals surface area contributed by atoms with Crippen LogP contribution >= 0.6 is 0 Å². The average molecular weight is 244 g/mol. The first kappa shape index (κ1) is 11.9. The van der Waals surface area contributed by atoms with Crippen molar-refractivity contribution in [1.29, 1.82) is 0 Å². The smallest absolute Gasteiger partial charge is 0.0376 e. The van der Waals surface area contributed by atoms with Crippen molar-refractivity contribution in [2.45, 2.75) is 58.0 Å². The zero-order valence-electron chi connectivity index (χ0n) is 11.8. The quantitative estimate of drug-likeness (QED) is 0.808. The van der Waals surface area contributed by atoms with Crippen molar-refractivity contribution in [3.63, 3.8) is 0 Å². The van der Waals surface area contributed by atoms with E-state index in [9.17, 15) is 0 Å². The number of fused-ring (bicyclic) bond motifs is 1. The minimum atomic E-state index is 0.323. The number of nitrogens with zero attached hydrogens (tertiary/aromatic N) is 1. The van der Waals surface area contributed by atoms with E-state index in [4.69, 9.17) is 0 Å². The molecule has 2 heteroatoms. The maximum Gasteiger partial charge on any atom is 0.0376 e. The summed E-state index contributed by atoms with van der Waals surface area (Å²) in [7, 11) is 0. The number of hydrogen-bond acceptors (Lipinski definition) is 2. The Hall–Kier alpha value is -1.18. The number of rotatable bonds is 1. The standard InChI is InChI=1S/C16H24N2/c1-12-5-6-13-11-14(7-8-15(13)17-12)18-10-4-9-16(18,2)3/h7-8,11-12,17H,4-6,9-10H2,1-3H3. The second kappa shape index (κ2) is 4.18. The predicted molar refractivity (Wildman–Crippen MR) is 78.5 cm³/mol. The highest BCUT2D eigenvalue weighted by Crippen LogP contribution is 2.36. The molecule has 2 aliphatic rings. The summed E-state index contributed by atoms with van der Waals surface area (Å²) < 4.78 is 0. The molecule has 0 amide bonds. The largest absolute Gasteiger partial charge is 0.382 e. The van der Waals surface area contributed by atoms with Gasteiger partial charge in [-0.05, 0) is 70.2 Å². The highest BCUT2D eigenvalue weighted by Gasteiger charge is 2.32. The molecule has 1 atom stereocenters. The summed E-state index contributed by atoms with van der Waals surface area (Å²) >= 11 is 0. The topological polar surface area (TPSA) is 15.3 Å². The zero-order valence-corrected chi connectivity index (χ0v) is 11.8. The molecule has 18 heavy (non-hydrogen) atoms. The first-order chi connectivity index (χ1) is 8.56. The summed E-state index contributed by atoms with van der Waals surface area (Å²) in [5.74, 6) is 0. The minimum Gasteiger partial charge on any atom is -0.382 e. The summed E-state index contributed by atoms with van der Waals surface area (Å²) in [6.45, 7) is 8.19. The van der Waals surface area contributed by atoms with Gasteiger partial charge in [0.25, 0.3) is 0 Å². The van der Waals surface area contributed by atoms with E-state index in [1.807, 2.05) is 0 Å². The highest BCUT2D eigenvalue weighted by atomic mass is 15.2. The Balaban J connectivity index is 1.91. The number of anilines is 2. The molecule has 2 heterocycles. The fourth-order valence-electron chi connectivity index (χ4n) is 3.39. The van der Waals surface area contributed by atoms with Gasteiger partial charge in [-0.15, -0.1) is 0 Å². The van der Waals surface area contributed by atoms with Crippen LogP contribution in [0.2, 0.25) is 0 Å². The van der Waals surface area contributed by atoms with Gasteiger partial charge in [0, 0.05) is 29.5 Å². The van der Waals surface area contributed by atoms with Crippen LogP contribution in [-0.2, 0) is 6.42 Å². The average Bonchev–Trinajstić information content (AvgIpc) is 2.68. The Morgan fingerprint density at radius 3 is 2.89 bits per heavy atom. The number of benzene rings is 1. The van der Waals surface area contributed by atoms with Crippen molar-refractivity contribution in [1.82, 2.24) is 0 Å². The van der Waals surface area contributed by atoms with E-state index in [0.29, 0.717) is 11.6 Å². The Labute approximate surface area is 110 Å². The molecule has 0 radical (unpaired) electrons. The molecule has 1 saturated heterocycles. The molecule has 2 nitrogen and oxygen atoms in total. The van der Waals surface area contributed by atoms with Crippen molar-refractivity contribution < 1.29 is 0 Å². The minimum absolute atomic E-state index is 0.323. The van der Waals surface area contributed by atoms with E-state index in [2.05, 4.69) is 49.2 Å². The van der Waals surface area contributed by atoms with Crippen LogP contribution in [0.5, 0.6) is 0 Å². The van der Waals surface area contributed by atoms with Gasteiger partial charge in [-0.1, -0.05) is 0 Å². The van der Waals surface area contributed by atoms with Crippen molar-refractivity contribution in [2.24, 2.45) is 0 Å². The first-order valence-electron chi connectivity index (χ1n) is 7.23. The molecular formula is C16H24N2. The monoisotopic (exact) mass is 244 g/mol. The van der Waals surface area contributed by atoms with Gasteiger partial charge in [0.1, 0.15) is 0 Å². The van der Waals surface area contributed by atoms with Gasteiger partial charge >= 0.3 is 0 Å². The van der Waals surface area contributed by atoms with Crippen LogP contribution in [0.4, 0.5) is 11.4 Å². The summed E-state index contributed by atoms with van der Waals surface area (Å²) in [5.41, 5.74) is 4.57. The number of hydrogen-bond donors (Lipinski definition) is 1. The summed E-state index contributed by atoms with van der Waals surface area (Å²) in [4.78, 5) is 2.57. The van der Waals surface area contributed by atoms with E-state index in [-0.39, 0.29) is 0 Å². The van der Waals surface area contributed by atoms with Crippen LogP contribution in [0, 0.1) is 0 Å². The fourth-order valence-corrected chi connectivity index (χ4v) is 3.39. The molecule has 1 aromatic carbocycles. The summed E-state index contributed by atoms with van der Waals surface area (Å²) in [5, 5.41) is 3.58. The second-order valence-electron chi connectivity index (χ2n) is 6.49. The third-order valence-corrected chi connectivity index (χ3v) is 4.55. The zero-order chi connectivity index (χ0) is 12.8. The third-order valence-electron chi connectivity index (χ3n) is 4.55. The van der Waals surface area contributed by atoms with Crippen LogP contribution in [0.1, 0.15) is 45.6 Å². The lowest BCUT2D eigenvalue weighted by Crippen LogP contribution is -2.38. The van der Waals surface area contributed by atoms with Crippen molar-refractivity contribution in [3.05, 3.63) is 23.8 Å². The molecule has 98 valence electrons. The lowest BCUT2D eigenvalue weighted by atomic mass is 9.97. The molecule has 1 N–H and O–H groups in total. The van der Waals surface area contributed by atoms with Crippen LogP contribution in [0.3, 0.4) is 0 Å². The van der Waals surface area contributed by atoms with Crippen molar-refractivity contribution in [2.75, 3.05) is 16.8 Å². The van der Waals surface area contributed by atoms with Gasteiger partial charge in [0.05, 0.1) is 0 Å². The molecular weight excluding hydrogens is 220 g/mol. The molecule has 0 saturated carbocycles. The first-order valence-corrected chi connectivity index (χ1v) is 7.23. The SMILES string of the molecule is CC1CCc2cc(N3CCCC3(C)C)ccc2N1. The van der Waals surface area contributed by atoms with E-state index < -0.39 is 0 Å². The molecule has 0 bridgehead atoms. The maximum atomic E-state index is 3.58. The van der Waals surface area contributed by atoms with Gasteiger partial charge in [-0.25, -0.2) is 0 Å². The molecule has 1 fully saturated rings. The van der Waals surface area contributed by atoms with E-state index in [0.717, 1.165) is 0 Å². The fraction of sp³-hybridized carbons (Fsp3) is 0.625. The molecule has 0 aromatic heterocycles. The molecule has 0 aliphatic carbocycles. The molecule has 1 unspecified atom stereocenters. The molecule has 1 aromatic rings. The number of nitrogens with one attached hydrogen (secondary N) is 1. The van der Waals surface area contributed by atoms with Crippen molar-refractivity contribution >= 4 is 11.4 Å². The van der Waals surface area contributed by atoms with Gasteiger partial charge in [-0.2, -0.15) is 0 Å². The van der Waals surface area contributed by atoms with Gasteiger partial charge in [-0.3, -0.25) is 0 Å². The van der Waals surface area contributed by atoms with Gasteiger partial charge < -0.3 is 10.2 Å². The van der Waals surface area contributed by atoms with Crippen LogP contribution in [-0.4, -0.2) is 18.1 Å². The van der Waals surface area contributed by atoms with E-state index in [1.54, 1.807) is 0 Å². The summed E-state index contributed by atoms with van der Waals surface area (Å²) in [6.07, 6.45) is 5.09. The predicted octanol–water partition coefficient (Wildman–Crippen LogP) is 3.81.